The molecule has 0 spiro atoms. The number of nitrogens with one attached hydrogen (secondary N) is 1. The molecule has 0 atom stereocenters. The van der Waals surface area contributed by atoms with Gasteiger partial charge in [-0.25, -0.2) is 4.39 Å². The van der Waals surface area contributed by atoms with E-state index in [1.54, 1.807) is 36.4 Å². The molecule has 0 aliphatic heterocycles. The van der Waals surface area contributed by atoms with E-state index in [1.807, 2.05) is 24.3 Å². The van der Waals surface area contributed by atoms with Crippen LogP contribution in [0, 0.1) is 17.1 Å². The molecule has 3 aromatic rings. The van der Waals surface area contributed by atoms with E-state index in [0.717, 1.165) is 15.6 Å². The van der Waals surface area contributed by atoms with E-state index in [2.05, 4.69) is 21.2 Å². The predicted molar refractivity (Wildman–Crippen MR) is 117 cm³/mol. The van der Waals surface area contributed by atoms with E-state index in [0.29, 0.717) is 22.7 Å². The van der Waals surface area contributed by atoms with Crippen LogP contribution in [0.15, 0.2) is 76.8 Å². The highest BCUT2D eigenvalue weighted by molar-refractivity contribution is 9.10. The second-order valence-electron chi connectivity index (χ2n) is 6.26. The fourth-order valence-corrected chi connectivity index (χ4v) is 3.45. The lowest BCUT2D eigenvalue weighted by Gasteiger charge is -2.08. The van der Waals surface area contributed by atoms with E-state index < -0.39 is 5.91 Å². The summed E-state index contributed by atoms with van der Waals surface area (Å²) in [6, 6.07) is 20.7. The van der Waals surface area contributed by atoms with Gasteiger partial charge in [-0.05, 0) is 59.5 Å². The number of halogens is 3. The van der Waals surface area contributed by atoms with E-state index in [1.165, 1.54) is 18.2 Å². The third kappa shape index (κ3) is 5.54. The summed E-state index contributed by atoms with van der Waals surface area (Å²) in [4.78, 5) is 12.4. The Morgan fingerprint density at radius 2 is 1.93 bits per heavy atom. The first-order chi connectivity index (χ1) is 14.0. The minimum Gasteiger partial charge on any atom is -0.320 e. The average Bonchev–Trinajstić information content (AvgIpc) is 2.70. The Morgan fingerprint density at radius 3 is 2.62 bits per heavy atom. The van der Waals surface area contributed by atoms with Crippen LogP contribution in [0.3, 0.4) is 0 Å². The summed E-state index contributed by atoms with van der Waals surface area (Å²) >= 11 is 9.56. The van der Waals surface area contributed by atoms with Gasteiger partial charge < -0.3 is 5.32 Å². The Kier molecular flexibility index (Phi) is 6.82. The number of nitriles is 1. The second-order valence-corrected chi connectivity index (χ2v) is 7.52. The number of carbonyl (C=O) groups excluding carboxylic acids is 1. The van der Waals surface area contributed by atoms with E-state index in [-0.39, 0.29) is 11.4 Å². The van der Waals surface area contributed by atoms with Gasteiger partial charge in [0, 0.05) is 4.47 Å². The van der Waals surface area contributed by atoms with Crippen LogP contribution in [0.5, 0.6) is 0 Å². The quantitative estimate of drug-likeness (QED) is 0.348. The minimum absolute atomic E-state index is 0.0466. The summed E-state index contributed by atoms with van der Waals surface area (Å²) in [7, 11) is 0. The number of benzene rings is 3. The molecule has 3 nitrogen and oxygen atoms in total. The van der Waals surface area contributed by atoms with Gasteiger partial charge in [0.25, 0.3) is 5.91 Å². The fraction of sp³-hybridized carbons (Fsp3) is 0.0435. The van der Waals surface area contributed by atoms with Crippen LogP contribution in [0.25, 0.3) is 6.08 Å². The first-order valence-corrected chi connectivity index (χ1v) is 9.84. The zero-order valence-electron chi connectivity index (χ0n) is 15.1. The Morgan fingerprint density at radius 1 is 1.14 bits per heavy atom. The number of hydrogen-bond donors (Lipinski definition) is 1. The van der Waals surface area contributed by atoms with E-state index in [9.17, 15) is 14.4 Å². The molecule has 1 N–H and O–H groups in total. The van der Waals surface area contributed by atoms with Crippen LogP contribution in [0.1, 0.15) is 16.7 Å². The lowest BCUT2D eigenvalue weighted by molar-refractivity contribution is -0.112. The van der Waals surface area contributed by atoms with Gasteiger partial charge in [-0.3, -0.25) is 4.79 Å². The molecule has 0 aliphatic carbocycles. The van der Waals surface area contributed by atoms with Gasteiger partial charge in [-0.1, -0.05) is 63.9 Å². The van der Waals surface area contributed by atoms with Gasteiger partial charge in [-0.15, -0.1) is 0 Å². The molecule has 0 fully saturated rings. The molecule has 0 radical (unpaired) electrons. The van der Waals surface area contributed by atoms with Gasteiger partial charge in [-0.2, -0.15) is 5.26 Å². The normalized spacial score (nSPS) is 11.0. The highest BCUT2D eigenvalue weighted by Crippen LogP contribution is 2.24. The fourth-order valence-electron chi connectivity index (χ4n) is 2.73. The lowest BCUT2D eigenvalue weighted by atomic mass is 10.0. The Balaban J connectivity index is 1.79. The van der Waals surface area contributed by atoms with Crippen LogP contribution in [0.2, 0.25) is 5.02 Å². The van der Waals surface area contributed by atoms with Crippen molar-refractivity contribution in [1.82, 2.24) is 0 Å². The third-order valence-electron chi connectivity index (χ3n) is 4.16. The summed E-state index contributed by atoms with van der Waals surface area (Å²) in [5.41, 5.74) is 2.89. The summed E-state index contributed by atoms with van der Waals surface area (Å²) in [5.74, 6) is -0.818. The molecule has 0 aliphatic rings. The number of nitrogens with zero attached hydrogens (tertiary/aromatic N) is 1. The Hall–Kier alpha value is -2.94. The first-order valence-electron chi connectivity index (χ1n) is 8.67. The number of para-hydroxylation sites is 1. The van der Waals surface area contributed by atoms with Crippen LogP contribution < -0.4 is 5.32 Å². The van der Waals surface area contributed by atoms with E-state index >= 15 is 0 Å². The van der Waals surface area contributed by atoms with Crippen LogP contribution in [0.4, 0.5) is 10.1 Å². The topological polar surface area (TPSA) is 52.9 Å². The number of carbonyl (C=O) groups is 1. The molecule has 144 valence electrons. The summed E-state index contributed by atoms with van der Waals surface area (Å²) in [6.45, 7) is 0. The molecule has 0 unspecified atom stereocenters. The van der Waals surface area contributed by atoms with Crippen LogP contribution >= 0.6 is 27.5 Å². The molecular weight excluding hydrogens is 455 g/mol. The monoisotopic (exact) mass is 468 g/mol. The molecule has 6 heteroatoms. The molecule has 0 saturated carbocycles. The van der Waals surface area contributed by atoms with Gasteiger partial charge >= 0.3 is 0 Å². The van der Waals surface area contributed by atoms with Gasteiger partial charge in [0.2, 0.25) is 0 Å². The summed E-state index contributed by atoms with van der Waals surface area (Å²) < 4.78 is 14.2. The molecule has 0 saturated heterocycles. The Labute approximate surface area is 181 Å². The van der Waals surface area contributed by atoms with Gasteiger partial charge in [0.15, 0.2) is 0 Å². The molecule has 0 bridgehead atoms. The third-order valence-corrected chi connectivity index (χ3v) is 5.23. The predicted octanol–water partition coefficient (Wildman–Crippen LogP) is 6.38. The molecule has 3 aromatic carbocycles. The standard InChI is InChI=1S/C23H15BrClFN2O/c24-20-13-16(8-9-17(20)10-15-4-3-5-19(26)12-15)11-18(14-27)23(29)28-22-7-2-1-6-21(22)25/h1-9,11-13H,10H2,(H,28,29)/b18-11+. The second kappa shape index (κ2) is 9.51. The average molecular weight is 470 g/mol. The van der Waals surface area contributed by atoms with Crippen molar-refractivity contribution in [3.63, 3.8) is 0 Å². The largest absolute Gasteiger partial charge is 0.320 e. The summed E-state index contributed by atoms with van der Waals surface area (Å²) in [6.07, 6.45) is 2.06. The SMILES string of the molecule is N#C/C(=C\c1ccc(Cc2cccc(F)c2)c(Br)c1)C(=O)Nc1ccccc1Cl. The van der Waals surface area contributed by atoms with Gasteiger partial charge in [0.05, 0.1) is 10.7 Å². The maximum Gasteiger partial charge on any atom is 0.266 e. The maximum absolute atomic E-state index is 13.4. The van der Waals surface area contributed by atoms with Crippen molar-refractivity contribution in [2.75, 3.05) is 5.32 Å². The molecule has 0 aromatic heterocycles. The molecule has 0 heterocycles. The Bertz CT molecular complexity index is 1140. The minimum atomic E-state index is -0.541. The highest BCUT2D eigenvalue weighted by Gasteiger charge is 2.12. The first kappa shape index (κ1) is 20.8. The van der Waals surface area contributed by atoms with Crippen molar-refractivity contribution < 1.29 is 9.18 Å². The van der Waals surface area contributed by atoms with E-state index in [4.69, 9.17) is 11.6 Å². The highest BCUT2D eigenvalue weighted by atomic mass is 79.9. The van der Waals surface area contributed by atoms with Crippen molar-refractivity contribution in [2.24, 2.45) is 0 Å². The van der Waals surface area contributed by atoms with Crippen LogP contribution in [-0.2, 0) is 11.2 Å². The smallest absolute Gasteiger partial charge is 0.266 e. The van der Waals surface area contributed by atoms with Gasteiger partial charge in [0.1, 0.15) is 17.5 Å². The summed E-state index contributed by atoms with van der Waals surface area (Å²) in [5, 5.41) is 12.4. The maximum atomic E-state index is 13.4. The molecule has 3 rings (SSSR count). The van der Waals surface area contributed by atoms with Crippen LogP contribution in [-0.4, -0.2) is 5.91 Å². The van der Waals surface area contributed by atoms with Crippen molar-refractivity contribution in [3.05, 3.63) is 104 Å². The number of amides is 1. The number of hydrogen-bond acceptors (Lipinski definition) is 2. The zero-order chi connectivity index (χ0) is 20.8. The number of anilines is 1. The van der Waals surface area contributed by atoms with Crippen molar-refractivity contribution >= 4 is 45.2 Å². The van der Waals surface area contributed by atoms with Crippen molar-refractivity contribution in [1.29, 1.82) is 5.26 Å². The molecule has 1 amide bonds. The molecule has 29 heavy (non-hydrogen) atoms. The zero-order valence-corrected chi connectivity index (χ0v) is 17.5. The lowest BCUT2D eigenvalue weighted by Crippen LogP contribution is -2.13. The number of rotatable bonds is 5. The van der Waals surface area contributed by atoms with Crippen molar-refractivity contribution in [2.45, 2.75) is 6.42 Å². The van der Waals surface area contributed by atoms with Crippen molar-refractivity contribution in [3.8, 4) is 6.07 Å². The molecular formula is C23H15BrClFN2O.